The normalized spacial score (nSPS) is 21.7. The van der Waals surface area contributed by atoms with Gasteiger partial charge in [0.1, 0.15) is 5.82 Å². The summed E-state index contributed by atoms with van der Waals surface area (Å²) in [4.78, 5) is 14.1. The lowest BCUT2D eigenvalue weighted by molar-refractivity contribution is -0.134. The minimum atomic E-state index is -0.279. The molecule has 1 atom stereocenters. The Kier molecular flexibility index (Phi) is 3.90. The number of halogens is 1. The molecular weight excluding hydrogens is 243 g/mol. The van der Waals surface area contributed by atoms with Crippen LogP contribution in [0.2, 0.25) is 0 Å². The Morgan fingerprint density at radius 2 is 2.26 bits per heavy atom. The summed E-state index contributed by atoms with van der Waals surface area (Å²) in [5, 5.41) is 0. The number of rotatable bonds is 3. The Morgan fingerprint density at radius 1 is 1.53 bits per heavy atom. The van der Waals surface area contributed by atoms with Gasteiger partial charge in [0.15, 0.2) is 0 Å². The highest BCUT2D eigenvalue weighted by Crippen LogP contribution is 2.28. The average Bonchev–Trinajstić information content (AvgIpc) is 2.61. The molecule has 1 aliphatic heterocycles. The number of carbonyl (C=O) groups is 1. The first kappa shape index (κ1) is 14.0. The van der Waals surface area contributed by atoms with Crippen LogP contribution in [0.15, 0.2) is 24.3 Å². The number of nitrogens with zero attached hydrogens (tertiary/aromatic N) is 1. The summed E-state index contributed by atoms with van der Waals surface area (Å²) in [6.07, 6.45) is 1.82. The van der Waals surface area contributed by atoms with Crippen LogP contribution in [-0.2, 0) is 11.2 Å². The molecule has 1 saturated heterocycles. The van der Waals surface area contributed by atoms with Crippen LogP contribution in [0.4, 0.5) is 4.39 Å². The maximum atomic E-state index is 13.1. The van der Waals surface area contributed by atoms with Crippen molar-refractivity contribution < 1.29 is 9.18 Å². The molecule has 1 aromatic carbocycles. The Bertz CT molecular complexity index is 473. The second-order valence-corrected chi connectivity index (χ2v) is 5.72. The quantitative estimate of drug-likeness (QED) is 0.908. The zero-order chi connectivity index (χ0) is 14.0. The summed E-state index contributed by atoms with van der Waals surface area (Å²) < 4.78 is 13.1. The number of likely N-dealkylation sites (tertiary alicyclic amines) is 1. The summed E-state index contributed by atoms with van der Waals surface area (Å²) in [6.45, 7) is 4.73. The highest BCUT2D eigenvalue weighted by molar-refractivity contribution is 5.77. The lowest BCUT2D eigenvalue weighted by Crippen LogP contribution is -2.51. The van der Waals surface area contributed by atoms with Gasteiger partial charge in [-0.25, -0.2) is 4.39 Å². The molecule has 0 radical (unpaired) electrons. The van der Waals surface area contributed by atoms with Crippen LogP contribution in [0.1, 0.15) is 32.3 Å². The van der Waals surface area contributed by atoms with E-state index in [0.717, 1.165) is 18.5 Å². The predicted octanol–water partition coefficient (Wildman–Crippen LogP) is 2.10. The van der Waals surface area contributed by atoms with Gasteiger partial charge in [0, 0.05) is 19.0 Å². The summed E-state index contributed by atoms with van der Waals surface area (Å²) >= 11 is 0. The van der Waals surface area contributed by atoms with Crippen LogP contribution < -0.4 is 5.73 Å². The van der Waals surface area contributed by atoms with E-state index in [-0.39, 0.29) is 23.3 Å². The van der Waals surface area contributed by atoms with Gasteiger partial charge in [-0.05, 0) is 44.4 Å². The van der Waals surface area contributed by atoms with Gasteiger partial charge < -0.3 is 10.6 Å². The van der Waals surface area contributed by atoms with Crippen molar-refractivity contribution in [3.63, 3.8) is 0 Å². The van der Waals surface area contributed by atoms with Gasteiger partial charge in [-0.1, -0.05) is 12.1 Å². The van der Waals surface area contributed by atoms with Crippen LogP contribution in [0.3, 0.4) is 0 Å². The highest BCUT2D eigenvalue weighted by atomic mass is 19.1. The Labute approximate surface area is 113 Å². The largest absolute Gasteiger partial charge is 0.336 e. The monoisotopic (exact) mass is 264 g/mol. The smallest absolute Gasteiger partial charge is 0.223 e. The fourth-order valence-electron chi connectivity index (χ4n) is 2.63. The van der Waals surface area contributed by atoms with Crippen LogP contribution in [0.25, 0.3) is 0 Å². The topological polar surface area (TPSA) is 46.3 Å². The second-order valence-electron chi connectivity index (χ2n) is 5.72. The van der Waals surface area contributed by atoms with Crippen molar-refractivity contribution >= 4 is 5.91 Å². The van der Waals surface area contributed by atoms with Crippen molar-refractivity contribution in [1.29, 1.82) is 0 Å². The molecule has 2 rings (SSSR count). The maximum Gasteiger partial charge on any atom is 0.223 e. The standard InChI is InChI=1S/C15H21FN2O/c1-15(2)13(17)8-9-18(15)14(19)7-6-11-4-3-5-12(16)10-11/h3-5,10,13H,6-9,17H2,1-2H3. The lowest BCUT2D eigenvalue weighted by Gasteiger charge is -2.34. The van der Waals surface area contributed by atoms with Crippen molar-refractivity contribution in [3.8, 4) is 0 Å². The molecule has 4 heteroatoms. The molecule has 19 heavy (non-hydrogen) atoms. The molecule has 1 heterocycles. The number of nitrogens with two attached hydrogens (primary N) is 1. The third-order valence-electron chi connectivity index (χ3n) is 4.08. The van der Waals surface area contributed by atoms with E-state index in [1.165, 1.54) is 12.1 Å². The van der Waals surface area contributed by atoms with Gasteiger partial charge >= 0.3 is 0 Å². The van der Waals surface area contributed by atoms with E-state index in [0.29, 0.717) is 12.8 Å². The van der Waals surface area contributed by atoms with Gasteiger partial charge in [-0.3, -0.25) is 4.79 Å². The molecule has 0 spiro atoms. The van der Waals surface area contributed by atoms with Crippen LogP contribution in [0, 0.1) is 5.82 Å². The summed E-state index contributed by atoms with van der Waals surface area (Å²) in [7, 11) is 0. The van der Waals surface area contributed by atoms with Gasteiger partial charge in [0.05, 0.1) is 5.54 Å². The van der Waals surface area contributed by atoms with Crippen molar-refractivity contribution in [2.24, 2.45) is 5.73 Å². The number of amides is 1. The number of benzene rings is 1. The third-order valence-corrected chi connectivity index (χ3v) is 4.08. The molecule has 1 amide bonds. The summed E-state index contributed by atoms with van der Waals surface area (Å²) in [6, 6.07) is 6.44. The minimum Gasteiger partial charge on any atom is -0.336 e. The fraction of sp³-hybridized carbons (Fsp3) is 0.533. The lowest BCUT2D eigenvalue weighted by atomic mass is 9.96. The van der Waals surface area contributed by atoms with Crippen LogP contribution >= 0.6 is 0 Å². The van der Waals surface area contributed by atoms with Crippen molar-refractivity contribution in [2.45, 2.75) is 44.7 Å². The highest BCUT2D eigenvalue weighted by Gasteiger charge is 2.41. The van der Waals surface area contributed by atoms with E-state index in [4.69, 9.17) is 5.73 Å². The van der Waals surface area contributed by atoms with E-state index in [9.17, 15) is 9.18 Å². The number of hydrogen-bond acceptors (Lipinski definition) is 2. The van der Waals surface area contributed by atoms with Gasteiger partial charge in [-0.2, -0.15) is 0 Å². The molecule has 0 aromatic heterocycles. The summed E-state index contributed by atoms with van der Waals surface area (Å²) in [5.41, 5.74) is 6.60. The first-order valence-corrected chi connectivity index (χ1v) is 6.72. The SMILES string of the molecule is CC1(C)C(N)CCN1C(=O)CCc1cccc(F)c1. The Hall–Kier alpha value is -1.42. The van der Waals surface area contributed by atoms with Gasteiger partial charge in [-0.15, -0.1) is 0 Å². The second kappa shape index (κ2) is 5.29. The molecular formula is C15H21FN2O. The van der Waals surface area contributed by atoms with Crippen LogP contribution in [-0.4, -0.2) is 28.9 Å². The van der Waals surface area contributed by atoms with Crippen LogP contribution in [0.5, 0.6) is 0 Å². The maximum absolute atomic E-state index is 13.1. The molecule has 0 aliphatic carbocycles. The van der Waals surface area contributed by atoms with E-state index in [1.54, 1.807) is 6.07 Å². The average molecular weight is 264 g/mol. The van der Waals surface area contributed by atoms with E-state index < -0.39 is 0 Å². The molecule has 1 fully saturated rings. The zero-order valence-corrected chi connectivity index (χ0v) is 11.5. The molecule has 1 unspecified atom stereocenters. The zero-order valence-electron chi connectivity index (χ0n) is 11.5. The Balaban J connectivity index is 1.95. The van der Waals surface area contributed by atoms with E-state index >= 15 is 0 Å². The number of hydrogen-bond donors (Lipinski definition) is 1. The van der Waals surface area contributed by atoms with E-state index in [1.807, 2.05) is 24.8 Å². The molecule has 104 valence electrons. The van der Waals surface area contributed by atoms with E-state index in [2.05, 4.69) is 0 Å². The molecule has 0 bridgehead atoms. The molecule has 1 aliphatic rings. The minimum absolute atomic E-state index is 0.0330. The summed E-state index contributed by atoms with van der Waals surface area (Å²) in [5.74, 6) is -0.157. The molecule has 0 saturated carbocycles. The molecule has 3 nitrogen and oxygen atoms in total. The number of carbonyl (C=O) groups excluding carboxylic acids is 1. The Morgan fingerprint density at radius 3 is 2.84 bits per heavy atom. The predicted molar refractivity (Wildman–Crippen MR) is 73.1 cm³/mol. The first-order chi connectivity index (χ1) is 8.91. The molecule has 1 aromatic rings. The van der Waals surface area contributed by atoms with Crippen molar-refractivity contribution in [1.82, 2.24) is 4.90 Å². The number of aryl methyl sites for hydroxylation is 1. The first-order valence-electron chi connectivity index (χ1n) is 6.72. The van der Waals surface area contributed by atoms with Crippen molar-refractivity contribution in [2.75, 3.05) is 6.54 Å². The fourth-order valence-corrected chi connectivity index (χ4v) is 2.63. The van der Waals surface area contributed by atoms with Gasteiger partial charge in [0.2, 0.25) is 5.91 Å². The third kappa shape index (κ3) is 2.95. The molecule has 2 N–H and O–H groups in total. The van der Waals surface area contributed by atoms with Crippen molar-refractivity contribution in [3.05, 3.63) is 35.6 Å². The van der Waals surface area contributed by atoms with Gasteiger partial charge in [0.25, 0.3) is 0 Å².